The summed E-state index contributed by atoms with van der Waals surface area (Å²) in [5.74, 6) is 2.86. The Morgan fingerprint density at radius 1 is 1.60 bits per heavy atom. The van der Waals surface area contributed by atoms with E-state index in [4.69, 9.17) is 16.7 Å². The van der Waals surface area contributed by atoms with E-state index in [1.165, 1.54) is 0 Å². The Balaban J connectivity index is 2.92. The predicted molar refractivity (Wildman–Crippen MR) is 68.6 cm³/mol. The van der Waals surface area contributed by atoms with Gasteiger partial charge in [0.2, 0.25) is 0 Å². The van der Waals surface area contributed by atoms with Gasteiger partial charge in [0.05, 0.1) is 0 Å². The van der Waals surface area contributed by atoms with Crippen LogP contribution in [0.3, 0.4) is 0 Å². The lowest BCUT2D eigenvalue weighted by atomic mass is 10.1. The van der Waals surface area contributed by atoms with Gasteiger partial charge >= 0.3 is 6.09 Å². The van der Waals surface area contributed by atoms with Gasteiger partial charge in [-0.3, -0.25) is 5.32 Å². The number of hydrogen-bond acceptors (Lipinski definition) is 1. The van der Waals surface area contributed by atoms with Crippen LogP contribution in [0.2, 0.25) is 5.02 Å². The molecule has 3 nitrogen and oxygen atoms in total. The van der Waals surface area contributed by atoms with E-state index in [1.54, 1.807) is 18.2 Å². The molecule has 0 radical (unpaired) electrons. The molecule has 15 heavy (non-hydrogen) atoms. The Kier molecular flexibility index (Phi) is 4.72. The van der Waals surface area contributed by atoms with Crippen LogP contribution in [0.5, 0.6) is 0 Å². The van der Waals surface area contributed by atoms with Gasteiger partial charge in [-0.2, -0.15) is 0 Å². The maximum atomic E-state index is 10.4. The third-order valence-corrected chi connectivity index (χ3v) is 2.39. The first-order valence-corrected chi connectivity index (χ1v) is 5.46. The number of benzene rings is 1. The highest BCUT2D eigenvalue weighted by Crippen LogP contribution is 2.20. The molecule has 78 valence electrons. The molecule has 0 atom stereocenters. The van der Waals surface area contributed by atoms with Gasteiger partial charge in [-0.25, -0.2) is 4.79 Å². The first-order chi connectivity index (χ1) is 7.13. The summed E-state index contributed by atoms with van der Waals surface area (Å²) in [5.41, 5.74) is 1.31. The topological polar surface area (TPSA) is 49.3 Å². The van der Waals surface area contributed by atoms with Crippen LogP contribution in [0.15, 0.2) is 18.2 Å². The highest BCUT2D eigenvalue weighted by Gasteiger charge is 2.02. The van der Waals surface area contributed by atoms with E-state index >= 15 is 0 Å². The van der Waals surface area contributed by atoms with Crippen molar-refractivity contribution in [3.05, 3.63) is 28.8 Å². The van der Waals surface area contributed by atoms with Crippen molar-refractivity contribution < 1.29 is 9.90 Å². The molecule has 0 unspecified atom stereocenters. The summed E-state index contributed by atoms with van der Waals surface area (Å²) in [5, 5.41) is 11.4. The zero-order chi connectivity index (χ0) is 11.3. The van der Waals surface area contributed by atoms with E-state index in [2.05, 4.69) is 15.2 Å². The van der Waals surface area contributed by atoms with Gasteiger partial charge in [-0.15, -0.1) is 0 Å². The molecular formula is C10H7ClINO2. The molecule has 1 aromatic rings. The summed E-state index contributed by atoms with van der Waals surface area (Å²) in [6, 6.07) is 4.94. The summed E-state index contributed by atoms with van der Waals surface area (Å²) in [6.45, 7) is 0. The number of rotatable bonds is 2. The quantitative estimate of drug-likeness (QED) is 0.643. The van der Waals surface area contributed by atoms with E-state index in [0.717, 1.165) is 5.56 Å². The van der Waals surface area contributed by atoms with Crippen molar-refractivity contribution in [2.24, 2.45) is 0 Å². The van der Waals surface area contributed by atoms with Crippen LogP contribution >= 0.6 is 34.2 Å². The maximum Gasteiger partial charge on any atom is 0.409 e. The van der Waals surface area contributed by atoms with Crippen LogP contribution in [0.25, 0.3) is 0 Å². The predicted octanol–water partition coefficient (Wildman–Crippen LogP) is 3.37. The second-order valence-corrected chi connectivity index (χ2v) is 3.63. The number of hydrogen-bond donors (Lipinski definition) is 2. The Bertz CT molecular complexity index is 437. The van der Waals surface area contributed by atoms with E-state index in [9.17, 15) is 4.79 Å². The van der Waals surface area contributed by atoms with Gasteiger partial charge in [-0.05, 0) is 27.7 Å². The molecule has 0 bridgehead atoms. The number of amides is 1. The second-order valence-electron chi connectivity index (χ2n) is 2.68. The fourth-order valence-corrected chi connectivity index (χ4v) is 1.42. The standard InChI is InChI=1S/C10H7ClINO2/c11-9-4-3-8(13-10(14)15)6-7(9)2-1-5-12/h3-4,6,13H,2H2,(H,14,15). The normalized spacial score (nSPS) is 8.93. The van der Waals surface area contributed by atoms with Crippen LogP contribution in [0.4, 0.5) is 10.5 Å². The van der Waals surface area contributed by atoms with Crippen molar-refractivity contribution in [1.29, 1.82) is 0 Å². The highest BCUT2D eigenvalue weighted by molar-refractivity contribution is 14.1. The zero-order valence-corrected chi connectivity index (χ0v) is 10.5. The molecular weight excluding hydrogens is 328 g/mol. The minimum Gasteiger partial charge on any atom is -0.465 e. The van der Waals surface area contributed by atoms with Crippen LogP contribution in [-0.2, 0) is 6.42 Å². The molecule has 2 N–H and O–H groups in total. The largest absolute Gasteiger partial charge is 0.465 e. The summed E-state index contributed by atoms with van der Waals surface area (Å²) in [6.07, 6.45) is -0.583. The average molecular weight is 336 g/mol. The zero-order valence-electron chi connectivity index (χ0n) is 7.55. The van der Waals surface area contributed by atoms with Crippen molar-refractivity contribution in [3.8, 4) is 9.85 Å². The smallest absolute Gasteiger partial charge is 0.409 e. The lowest BCUT2D eigenvalue weighted by molar-refractivity contribution is 0.210. The van der Waals surface area contributed by atoms with Crippen molar-refractivity contribution >= 4 is 46.0 Å². The van der Waals surface area contributed by atoms with Gasteiger partial charge in [0.25, 0.3) is 0 Å². The number of anilines is 1. The first kappa shape index (κ1) is 12.1. The van der Waals surface area contributed by atoms with Crippen LogP contribution in [0, 0.1) is 9.85 Å². The lowest BCUT2D eigenvalue weighted by Crippen LogP contribution is -2.07. The van der Waals surface area contributed by atoms with E-state index in [-0.39, 0.29) is 0 Å². The van der Waals surface area contributed by atoms with Crippen molar-refractivity contribution in [1.82, 2.24) is 0 Å². The summed E-state index contributed by atoms with van der Waals surface area (Å²) in [7, 11) is 0. The third-order valence-electron chi connectivity index (χ3n) is 1.64. The molecule has 5 heteroatoms. The van der Waals surface area contributed by atoms with Gasteiger partial charge < -0.3 is 5.11 Å². The van der Waals surface area contributed by atoms with E-state index in [1.807, 2.05) is 22.6 Å². The summed E-state index contributed by atoms with van der Waals surface area (Å²) >= 11 is 7.86. The number of carbonyl (C=O) groups is 1. The van der Waals surface area contributed by atoms with Gasteiger partial charge in [-0.1, -0.05) is 17.5 Å². The molecule has 0 aliphatic carbocycles. The molecule has 0 spiro atoms. The third kappa shape index (κ3) is 3.98. The average Bonchev–Trinajstić information content (AvgIpc) is 2.18. The monoisotopic (exact) mass is 335 g/mol. The molecule has 0 heterocycles. The maximum absolute atomic E-state index is 10.4. The van der Waals surface area contributed by atoms with Crippen molar-refractivity contribution in [3.63, 3.8) is 0 Å². The van der Waals surface area contributed by atoms with Crippen LogP contribution in [0.1, 0.15) is 5.56 Å². The lowest BCUT2D eigenvalue weighted by Gasteiger charge is -2.04. The molecule has 0 aliphatic heterocycles. The van der Waals surface area contributed by atoms with Gasteiger partial charge in [0.1, 0.15) is 0 Å². The number of carboxylic acid groups (broad SMARTS) is 1. The molecule has 1 amide bonds. The molecule has 1 rings (SSSR count). The van der Waals surface area contributed by atoms with E-state index in [0.29, 0.717) is 17.1 Å². The molecule has 1 aromatic carbocycles. The molecule has 0 aromatic heterocycles. The van der Waals surface area contributed by atoms with Crippen LogP contribution in [-0.4, -0.2) is 11.2 Å². The number of nitrogens with one attached hydrogen (secondary N) is 1. The van der Waals surface area contributed by atoms with Crippen molar-refractivity contribution in [2.75, 3.05) is 5.32 Å². The fourth-order valence-electron chi connectivity index (χ4n) is 1.04. The minimum absolute atomic E-state index is 0.497. The van der Waals surface area contributed by atoms with E-state index < -0.39 is 6.09 Å². The van der Waals surface area contributed by atoms with Gasteiger partial charge in [0.15, 0.2) is 0 Å². The Morgan fingerprint density at radius 3 is 2.93 bits per heavy atom. The van der Waals surface area contributed by atoms with Crippen molar-refractivity contribution in [2.45, 2.75) is 6.42 Å². The van der Waals surface area contributed by atoms with Gasteiger partial charge in [0, 0.05) is 39.7 Å². The molecule has 0 saturated heterocycles. The SMILES string of the molecule is O=C(O)Nc1ccc(Cl)c(CC#CI)c1. The number of halogens is 2. The minimum atomic E-state index is -1.09. The Labute approximate surface area is 106 Å². The summed E-state index contributed by atoms with van der Waals surface area (Å²) < 4.78 is 2.73. The Morgan fingerprint density at radius 2 is 2.33 bits per heavy atom. The summed E-state index contributed by atoms with van der Waals surface area (Å²) in [4.78, 5) is 10.4. The molecule has 0 saturated carbocycles. The molecule has 0 aliphatic rings. The van der Waals surface area contributed by atoms with Crippen LogP contribution < -0.4 is 5.32 Å². The fraction of sp³-hybridized carbons (Fsp3) is 0.100. The highest BCUT2D eigenvalue weighted by atomic mass is 127. The first-order valence-electron chi connectivity index (χ1n) is 4.00. The second kappa shape index (κ2) is 5.83. The Hall–Kier alpha value is -0.930. The molecule has 0 fully saturated rings.